The van der Waals surface area contributed by atoms with Crippen LogP contribution in [0.25, 0.3) is 0 Å². The highest BCUT2D eigenvalue weighted by Gasteiger charge is 2.50. The van der Waals surface area contributed by atoms with Crippen molar-refractivity contribution in [3.63, 3.8) is 0 Å². The molecule has 1 aromatic rings. The first-order valence-electron chi connectivity index (χ1n) is 6.70. The Morgan fingerprint density at radius 3 is 2.53 bits per heavy atom. The van der Waals surface area contributed by atoms with Crippen molar-refractivity contribution in [3.05, 3.63) is 35.9 Å². The normalized spacial score (nSPS) is 22.0. The van der Waals surface area contributed by atoms with Gasteiger partial charge in [-0.1, -0.05) is 37.3 Å². The Labute approximate surface area is 113 Å². The van der Waals surface area contributed by atoms with E-state index in [0.717, 1.165) is 5.56 Å². The number of likely N-dealkylation sites (tertiary alicyclic amines) is 1. The van der Waals surface area contributed by atoms with Crippen LogP contribution in [-0.4, -0.2) is 29.4 Å². The molecule has 102 valence electrons. The van der Waals surface area contributed by atoms with Crippen LogP contribution in [0.1, 0.15) is 25.8 Å². The topological polar surface area (TPSA) is 46.6 Å². The molecule has 0 N–H and O–H groups in total. The Hall–Kier alpha value is -1.84. The summed E-state index contributed by atoms with van der Waals surface area (Å²) in [5.41, 5.74) is 1.03. The molecule has 1 heterocycles. The van der Waals surface area contributed by atoms with Crippen molar-refractivity contribution in [2.24, 2.45) is 5.92 Å². The minimum atomic E-state index is -0.419. The van der Waals surface area contributed by atoms with E-state index in [0.29, 0.717) is 19.6 Å². The van der Waals surface area contributed by atoms with E-state index in [4.69, 9.17) is 4.74 Å². The summed E-state index contributed by atoms with van der Waals surface area (Å²) in [5.74, 6) is -0.461. The molecule has 1 saturated heterocycles. The summed E-state index contributed by atoms with van der Waals surface area (Å²) in [6.07, 6.45) is 0.674. The Morgan fingerprint density at radius 1 is 1.26 bits per heavy atom. The molecule has 4 heteroatoms. The molecule has 0 aromatic heterocycles. The van der Waals surface area contributed by atoms with Crippen LogP contribution >= 0.6 is 0 Å². The summed E-state index contributed by atoms with van der Waals surface area (Å²) >= 11 is 0. The van der Waals surface area contributed by atoms with Gasteiger partial charge in [-0.2, -0.15) is 0 Å². The largest absolute Gasteiger partial charge is 0.464 e. The summed E-state index contributed by atoms with van der Waals surface area (Å²) in [6.45, 7) is 4.52. The number of nitrogens with zero attached hydrogens (tertiary/aromatic N) is 1. The summed E-state index contributed by atoms with van der Waals surface area (Å²) in [5, 5.41) is 0. The number of benzene rings is 1. The maximum Gasteiger partial charge on any atom is 0.329 e. The first-order chi connectivity index (χ1) is 9.19. The number of carbonyl (C=O) groups is 2. The number of amides is 1. The van der Waals surface area contributed by atoms with Gasteiger partial charge in [0.25, 0.3) is 0 Å². The average molecular weight is 261 g/mol. The van der Waals surface area contributed by atoms with Crippen LogP contribution in [-0.2, 0) is 20.9 Å². The third-order valence-corrected chi connectivity index (χ3v) is 3.48. The SMILES string of the molecule is CCOC(=O)C1C(CC)C(=O)N1Cc1ccccc1. The van der Waals surface area contributed by atoms with Crippen molar-refractivity contribution < 1.29 is 14.3 Å². The Bertz CT molecular complexity index is 458. The monoisotopic (exact) mass is 261 g/mol. The van der Waals surface area contributed by atoms with Gasteiger partial charge in [-0.05, 0) is 18.9 Å². The van der Waals surface area contributed by atoms with Gasteiger partial charge >= 0.3 is 5.97 Å². The molecule has 4 nitrogen and oxygen atoms in total. The molecule has 0 radical (unpaired) electrons. The zero-order chi connectivity index (χ0) is 13.8. The second kappa shape index (κ2) is 5.87. The molecular formula is C15H19NO3. The summed E-state index contributed by atoms with van der Waals surface area (Å²) in [4.78, 5) is 25.6. The minimum absolute atomic E-state index is 0.0457. The number of hydrogen-bond donors (Lipinski definition) is 0. The van der Waals surface area contributed by atoms with Crippen LogP contribution in [0.3, 0.4) is 0 Å². The van der Waals surface area contributed by atoms with Gasteiger partial charge in [-0.25, -0.2) is 4.79 Å². The van der Waals surface area contributed by atoms with Crippen LogP contribution in [0.5, 0.6) is 0 Å². The van der Waals surface area contributed by atoms with E-state index in [2.05, 4.69) is 0 Å². The van der Waals surface area contributed by atoms with Crippen LogP contribution in [0.4, 0.5) is 0 Å². The van der Waals surface area contributed by atoms with Crippen LogP contribution in [0.15, 0.2) is 30.3 Å². The third-order valence-electron chi connectivity index (χ3n) is 3.48. The van der Waals surface area contributed by atoms with Gasteiger partial charge in [0.2, 0.25) is 5.91 Å². The van der Waals surface area contributed by atoms with Crippen molar-refractivity contribution in [1.82, 2.24) is 4.90 Å². The maximum absolute atomic E-state index is 12.0. The van der Waals surface area contributed by atoms with Gasteiger partial charge in [0, 0.05) is 6.54 Å². The predicted molar refractivity (Wildman–Crippen MR) is 71.2 cm³/mol. The van der Waals surface area contributed by atoms with Gasteiger partial charge in [0.05, 0.1) is 12.5 Å². The quantitative estimate of drug-likeness (QED) is 0.601. The minimum Gasteiger partial charge on any atom is -0.464 e. The van der Waals surface area contributed by atoms with E-state index in [1.807, 2.05) is 37.3 Å². The Morgan fingerprint density at radius 2 is 1.95 bits per heavy atom. The van der Waals surface area contributed by atoms with Crippen LogP contribution in [0, 0.1) is 5.92 Å². The number of ether oxygens (including phenoxy) is 1. The van der Waals surface area contributed by atoms with Crippen LogP contribution < -0.4 is 0 Å². The first-order valence-corrected chi connectivity index (χ1v) is 6.70. The fourth-order valence-corrected chi connectivity index (χ4v) is 2.49. The second-order valence-electron chi connectivity index (χ2n) is 4.66. The van der Waals surface area contributed by atoms with Crippen LogP contribution in [0.2, 0.25) is 0 Å². The lowest BCUT2D eigenvalue weighted by Gasteiger charge is -2.45. The number of hydrogen-bond acceptors (Lipinski definition) is 3. The fraction of sp³-hybridized carbons (Fsp3) is 0.467. The van der Waals surface area contributed by atoms with Crippen molar-refractivity contribution in [3.8, 4) is 0 Å². The molecule has 0 saturated carbocycles. The summed E-state index contributed by atoms with van der Waals surface area (Å²) < 4.78 is 5.06. The van der Waals surface area contributed by atoms with Gasteiger partial charge in [0.1, 0.15) is 6.04 Å². The van der Waals surface area contributed by atoms with Crippen molar-refractivity contribution in [1.29, 1.82) is 0 Å². The van der Waals surface area contributed by atoms with E-state index in [1.54, 1.807) is 11.8 Å². The van der Waals surface area contributed by atoms with E-state index in [-0.39, 0.29) is 17.8 Å². The van der Waals surface area contributed by atoms with E-state index in [1.165, 1.54) is 0 Å². The molecule has 1 amide bonds. The van der Waals surface area contributed by atoms with E-state index in [9.17, 15) is 9.59 Å². The zero-order valence-electron chi connectivity index (χ0n) is 11.3. The smallest absolute Gasteiger partial charge is 0.329 e. The molecule has 1 fully saturated rings. The Kier molecular flexibility index (Phi) is 4.20. The summed E-state index contributed by atoms with van der Waals surface area (Å²) in [6, 6.07) is 9.27. The lowest BCUT2D eigenvalue weighted by atomic mass is 9.84. The molecule has 1 aliphatic heterocycles. The first kappa shape index (κ1) is 13.6. The van der Waals surface area contributed by atoms with Crippen molar-refractivity contribution in [2.45, 2.75) is 32.9 Å². The van der Waals surface area contributed by atoms with Gasteiger partial charge in [-0.15, -0.1) is 0 Å². The van der Waals surface area contributed by atoms with E-state index >= 15 is 0 Å². The number of rotatable bonds is 5. The Balaban J connectivity index is 2.10. The number of carbonyl (C=O) groups excluding carboxylic acids is 2. The van der Waals surface area contributed by atoms with Crippen molar-refractivity contribution >= 4 is 11.9 Å². The van der Waals surface area contributed by atoms with Gasteiger partial charge in [-0.3, -0.25) is 4.79 Å². The molecule has 0 bridgehead atoms. The molecule has 1 aromatic carbocycles. The van der Waals surface area contributed by atoms with E-state index < -0.39 is 6.04 Å². The summed E-state index contributed by atoms with van der Waals surface area (Å²) in [7, 11) is 0. The lowest BCUT2D eigenvalue weighted by Crippen LogP contribution is -2.63. The third kappa shape index (κ3) is 2.62. The van der Waals surface area contributed by atoms with Gasteiger partial charge in [0.15, 0.2) is 0 Å². The number of β-lactam (4-membered cyclic amide) rings is 1. The lowest BCUT2D eigenvalue weighted by molar-refractivity contribution is -0.175. The molecule has 1 aliphatic rings. The second-order valence-corrected chi connectivity index (χ2v) is 4.66. The standard InChI is InChI=1S/C15H19NO3/c1-3-12-13(15(18)19-4-2)16(14(12)17)10-11-8-6-5-7-9-11/h5-9,12-13H,3-4,10H2,1-2H3. The average Bonchev–Trinajstić information content (AvgIpc) is 2.43. The zero-order valence-corrected chi connectivity index (χ0v) is 11.3. The molecule has 2 unspecified atom stereocenters. The molecular weight excluding hydrogens is 242 g/mol. The molecule has 0 aliphatic carbocycles. The molecule has 2 rings (SSSR count). The molecule has 2 atom stereocenters. The molecule has 19 heavy (non-hydrogen) atoms. The number of esters is 1. The predicted octanol–water partition coefficient (Wildman–Crippen LogP) is 1.99. The fourth-order valence-electron chi connectivity index (χ4n) is 2.49. The van der Waals surface area contributed by atoms with Gasteiger partial charge < -0.3 is 9.64 Å². The maximum atomic E-state index is 12.0. The van der Waals surface area contributed by atoms with Crippen molar-refractivity contribution in [2.75, 3.05) is 6.61 Å². The highest BCUT2D eigenvalue weighted by molar-refractivity contribution is 5.97. The highest BCUT2D eigenvalue weighted by atomic mass is 16.5. The molecule has 0 spiro atoms. The highest BCUT2D eigenvalue weighted by Crippen LogP contribution is 2.31.